The fourth-order valence-corrected chi connectivity index (χ4v) is 2.82. The van der Waals surface area contributed by atoms with Crippen LogP contribution in [0.3, 0.4) is 0 Å². The molecule has 1 aliphatic rings. The molecule has 0 amide bonds. The lowest BCUT2D eigenvalue weighted by Crippen LogP contribution is -2.19. The summed E-state index contributed by atoms with van der Waals surface area (Å²) in [4.78, 5) is 0. The van der Waals surface area contributed by atoms with Gasteiger partial charge in [-0.3, -0.25) is 0 Å². The second-order valence-corrected chi connectivity index (χ2v) is 6.79. The lowest BCUT2D eigenvalue weighted by Gasteiger charge is -2.25. The zero-order chi connectivity index (χ0) is 12.0. The molecule has 1 unspecified atom stereocenters. The molecular weight excluding hydrogens is 196 g/mol. The monoisotopic (exact) mass is 226 g/mol. The number of hydrogen-bond donors (Lipinski definition) is 0. The minimum Gasteiger partial charge on any atom is -0.378 e. The topological polar surface area (TPSA) is 9.23 Å². The highest BCUT2D eigenvalue weighted by Crippen LogP contribution is 2.26. The summed E-state index contributed by atoms with van der Waals surface area (Å²) in [5.41, 5.74) is 0.463. The maximum atomic E-state index is 5.97. The van der Waals surface area contributed by atoms with Crippen molar-refractivity contribution in [2.75, 3.05) is 6.61 Å². The van der Waals surface area contributed by atoms with Crippen molar-refractivity contribution in [2.24, 2.45) is 11.3 Å². The first-order valence-corrected chi connectivity index (χ1v) is 7.09. The van der Waals surface area contributed by atoms with Crippen LogP contribution in [0.4, 0.5) is 0 Å². The molecule has 1 atom stereocenters. The van der Waals surface area contributed by atoms with Gasteiger partial charge in [0, 0.05) is 6.61 Å². The molecule has 0 saturated heterocycles. The van der Waals surface area contributed by atoms with Crippen molar-refractivity contribution in [3.63, 3.8) is 0 Å². The highest BCUT2D eigenvalue weighted by molar-refractivity contribution is 4.68. The van der Waals surface area contributed by atoms with Crippen molar-refractivity contribution in [1.29, 1.82) is 0 Å². The van der Waals surface area contributed by atoms with Crippen LogP contribution in [0.25, 0.3) is 0 Å². The van der Waals surface area contributed by atoms with Crippen LogP contribution >= 0.6 is 0 Å². The average Bonchev–Trinajstić information content (AvgIpc) is 2.16. The van der Waals surface area contributed by atoms with Crippen LogP contribution in [0, 0.1) is 11.3 Å². The van der Waals surface area contributed by atoms with E-state index in [4.69, 9.17) is 4.74 Å². The van der Waals surface area contributed by atoms with Gasteiger partial charge in [-0.05, 0) is 37.0 Å². The van der Waals surface area contributed by atoms with Gasteiger partial charge in [0.15, 0.2) is 0 Å². The van der Waals surface area contributed by atoms with E-state index in [0.29, 0.717) is 11.5 Å². The third-order valence-corrected chi connectivity index (χ3v) is 3.48. The molecule has 0 spiro atoms. The van der Waals surface area contributed by atoms with Gasteiger partial charge >= 0.3 is 0 Å². The van der Waals surface area contributed by atoms with Gasteiger partial charge in [-0.1, -0.05) is 47.0 Å². The number of rotatable bonds is 5. The van der Waals surface area contributed by atoms with Crippen molar-refractivity contribution in [3.8, 4) is 0 Å². The smallest absolute Gasteiger partial charge is 0.0575 e. The predicted octanol–water partition coefficient (Wildman–Crippen LogP) is 4.80. The van der Waals surface area contributed by atoms with Gasteiger partial charge in [-0.2, -0.15) is 0 Å². The lowest BCUT2D eigenvalue weighted by atomic mass is 9.84. The fraction of sp³-hybridized carbons (Fsp3) is 1.00. The minimum atomic E-state index is 0.463. The lowest BCUT2D eigenvalue weighted by molar-refractivity contribution is 0.0201. The van der Waals surface area contributed by atoms with Crippen LogP contribution in [0.2, 0.25) is 0 Å². The van der Waals surface area contributed by atoms with Crippen molar-refractivity contribution in [2.45, 2.75) is 78.7 Å². The molecule has 1 rings (SSSR count). The van der Waals surface area contributed by atoms with E-state index in [1.165, 1.54) is 44.9 Å². The quantitative estimate of drug-likeness (QED) is 0.654. The Kier molecular flexibility index (Phi) is 5.82. The molecule has 0 heterocycles. The standard InChI is InChI=1S/C15H30O/c1-13(12-15(2,3)4)10-11-16-14-8-6-5-7-9-14/h13-14H,5-12H2,1-4H3. The van der Waals surface area contributed by atoms with E-state index in [-0.39, 0.29) is 0 Å². The Morgan fingerprint density at radius 1 is 1.12 bits per heavy atom. The van der Waals surface area contributed by atoms with E-state index in [2.05, 4.69) is 27.7 Å². The Hall–Kier alpha value is -0.0400. The molecule has 0 N–H and O–H groups in total. The van der Waals surface area contributed by atoms with Gasteiger partial charge in [-0.15, -0.1) is 0 Å². The zero-order valence-electron chi connectivity index (χ0n) is 11.7. The minimum absolute atomic E-state index is 0.463. The zero-order valence-corrected chi connectivity index (χ0v) is 11.7. The van der Waals surface area contributed by atoms with Gasteiger partial charge in [0.25, 0.3) is 0 Å². The van der Waals surface area contributed by atoms with E-state index >= 15 is 0 Å². The summed E-state index contributed by atoms with van der Waals surface area (Å²) >= 11 is 0. The van der Waals surface area contributed by atoms with Crippen LogP contribution in [0.15, 0.2) is 0 Å². The second kappa shape index (κ2) is 6.64. The Morgan fingerprint density at radius 3 is 2.31 bits per heavy atom. The van der Waals surface area contributed by atoms with Crippen molar-refractivity contribution in [3.05, 3.63) is 0 Å². The van der Waals surface area contributed by atoms with Gasteiger partial charge in [0.05, 0.1) is 6.10 Å². The summed E-state index contributed by atoms with van der Waals surface area (Å²) in [5.74, 6) is 0.795. The number of hydrogen-bond acceptors (Lipinski definition) is 1. The molecule has 0 bridgehead atoms. The van der Waals surface area contributed by atoms with Crippen LogP contribution in [0.5, 0.6) is 0 Å². The maximum Gasteiger partial charge on any atom is 0.0575 e. The highest BCUT2D eigenvalue weighted by Gasteiger charge is 2.17. The Bertz CT molecular complexity index is 174. The van der Waals surface area contributed by atoms with E-state index in [0.717, 1.165) is 12.5 Å². The van der Waals surface area contributed by atoms with Crippen LogP contribution in [0.1, 0.15) is 72.6 Å². The molecule has 1 heteroatoms. The summed E-state index contributed by atoms with van der Waals surface area (Å²) < 4.78 is 5.97. The van der Waals surface area contributed by atoms with Crippen molar-refractivity contribution >= 4 is 0 Å². The third-order valence-electron chi connectivity index (χ3n) is 3.48. The molecule has 96 valence electrons. The van der Waals surface area contributed by atoms with Crippen LogP contribution in [-0.2, 0) is 4.74 Å². The summed E-state index contributed by atoms with van der Waals surface area (Å²) in [7, 11) is 0. The molecule has 16 heavy (non-hydrogen) atoms. The third kappa shape index (κ3) is 6.52. The molecule has 0 radical (unpaired) electrons. The van der Waals surface area contributed by atoms with E-state index in [9.17, 15) is 0 Å². The second-order valence-electron chi connectivity index (χ2n) is 6.79. The van der Waals surface area contributed by atoms with E-state index in [1.54, 1.807) is 0 Å². The molecule has 0 aromatic carbocycles. The summed E-state index contributed by atoms with van der Waals surface area (Å²) in [6.07, 6.45) is 9.89. The average molecular weight is 226 g/mol. The summed E-state index contributed by atoms with van der Waals surface area (Å²) in [6.45, 7) is 10.3. The Balaban J connectivity index is 2.05. The molecule has 0 aromatic heterocycles. The first kappa shape index (κ1) is 14.0. The van der Waals surface area contributed by atoms with Crippen LogP contribution < -0.4 is 0 Å². The van der Waals surface area contributed by atoms with Gasteiger partial charge < -0.3 is 4.74 Å². The number of ether oxygens (including phenoxy) is 1. The SMILES string of the molecule is CC(CCOC1CCCCC1)CC(C)(C)C. The fourth-order valence-electron chi connectivity index (χ4n) is 2.82. The largest absolute Gasteiger partial charge is 0.378 e. The normalized spacial score (nSPS) is 21.0. The first-order valence-electron chi connectivity index (χ1n) is 7.09. The predicted molar refractivity (Wildman–Crippen MR) is 70.7 cm³/mol. The van der Waals surface area contributed by atoms with E-state index < -0.39 is 0 Å². The molecule has 1 aliphatic carbocycles. The Labute approximate surface area is 102 Å². The highest BCUT2D eigenvalue weighted by atomic mass is 16.5. The van der Waals surface area contributed by atoms with E-state index in [1.807, 2.05) is 0 Å². The molecular formula is C15H30O. The molecule has 0 aliphatic heterocycles. The summed E-state index contributed by atoms with van der Waals surface area (Å²) in [6, 6.07) is 0. The Morgan fingerprint density at radius 2 is 1.75 bits per heavy atom. The van der Waals surface area contributed by atoms with Gasteiger partial charge in [0.1, 0.15) is 0 Å². The van der Waals surface area contributed by atoms with Gasteiger partial charge in [-0.25, -0.2) is 0 Å². The molecule has 0 aromatic rings. The van der Waals surface area contributed by atoms with Crippen molar-refractivity contribution in [1.82, 2.24) is 0 Å². The molecule has 1 fully saturated rings. The van der Waals surface area contributed by atoms with Crippen molar-refractivity contribution < 1.29 is 4.74 Å². The molecule has 1 saturated carbocycles. The first-order chi connectivity index (χ1) is 7.47. The van der Waals surface area contributed by atoms with Crippen LogP contribution in [-0.4, -0.2) is 12.7 Å². The molecule has 1 nitrogen and oxygen atoms in total. The maximum absolute atomic E-state index is 5.97. The summed E-state index contributed by atoms with van der Waals surface area (Å²) in [5, 5.41) is 0. The van der Waals surface area contributed by atoms with Gasteiger partial charge in [0.2, 0.25) is 0 Å².